The average molecular weight is 478 g/mol. The van der Waals surface area contributed by atoms with Crippen molar-refractivity contribution in [2.75, 3.05) is 11.9 Å². The molecule has 0 fully saturated rings. The van der Waals surface area contributed by atoms with Crippen LogP contribution in [-0.4, -0.2) is 35.7 Å². The number of nitrogens with zero attached hydrogens (tertiary/aromatic N) is 1. The normalized spacial score (nSPS) is 14.4. The Kier molecular flexibility index (Phi) is 8.97. The molecule has 2 N–H and O–H groups in total. The van der Waals surface area contributed by atoms with Crippen LogP contribution in [-0.2, 0) is 20.5 Å². The molecule has 0 heterocycles. The van der Waals surface area contributed by atoms with E-state index in [-0.39, 0.29) is 12.1 Å². The van der Waals surface area contributed by atoms with Gasteiger partial charge in [0.15, 0.2) is 0 Å². The van der Waals surface area contributed by atoms with Crippen LogP contribution in [0.25, 0.3) is 0 Å². The molecule has 0 aliphatic heterocycles. The fourth-order valence-electron chi connectivity index (χ4n) is 2.02. The van der Waals surface area contributed by atoms with Crippen molar-refractivity contribution >= 4 is 34.5 Å². The van der Waals surface area contributed by atoms with E-state index in [9.17, 15) is 35.9 Å². The Hall–Kier alpha value is -2.70. The van der Waals surface area contributed by atoms with Gasteiger partial charge in [-0.1, -0.05) is 23.7 Å². The van der Waals surface area contributed by atoms with Gasteiger partial charge >= 0.3 is 30.1 Å². The van der Waals surface area contributed by atoms with Crippen molar-refractivity contribution in [2.45, 2.75) is 44.8 Å². The zero-order valence-corrected chi connectivity index (χ0v) is 16.9. The van der Waals surface area contributed by atoms with Crippen LogP contribution in [0.2, 0.25) is 0 Å². The highest BCUT2D eigenvalue weighted by Gasteiger charge is 2.67. The van der Waals surface area contributed by atoms with E-state index >= 15 is 0 Å². The number of esters is 1. The Morgan fingerprint density at radius 2 is 1.65 bits per heavy atom. The van der Waals surface area contributed by atoms with Gasteiger partial charge in [-0.25, -0.2) is 9.59 Å². The second kappa shape index (κ2) is 10.6. The number of nitrogens with one attached hydrogen (secondary N) is 2. The van der Waals surface area contributed by atoms with Crippen LogP contribution < -0.4 is 10.6 Å². The quantitative estimate of drug-likeness (QED) is 0.181. The first-order valence-corrected chi connectivity index (χ1v) is 9.05. The van der Waals surface area contributed by atoms with Gasteiger partial charge in [0.05, 0.1) is 12.2 Å². The third kappa shape index (κ3) is 7.19. The molecule has 0 radical (unpaired) electrons. The number of hydrogen-bond acceptors (Lipinski definition) is 5. The van der Waals surface area contributed by atoms with Gasteiger partial charge in [-0.2, -0.15) is 26.3 Å². The maximum absolute atomic E-state index is 13.8. The molecular formula is C17H18ClF6N3O4. The smallest absolute Gasteiger partial charge is 0.461 e. The number of amides is 2. The lowest BCUT2D eigenvalue weighted by Crippen LogP contribution is -2.66. The third-order valence-electron chi connectivity index (χ3n) is 3.46. The molecule has 0 aliphatic rings. The molecule has 0 aromatic heterocycles. The lowest BCUT2D eigenvalue weighted by molar-refractivity contribution is -0.284. The Morgan fingerprint density at radius 1 is 1.06 bits per heavy atom. The number of hydrogen-bond donors (Lipinski definition) is 2. The summed E-state index contributed by atoms with van der Waals surface area (Å²) < 4.78 is 83.4. The van der Waals surface area contributed by atoms with E-state index in [0.29, 0.717) is 18.6 Å². The molecule has 7 nitrogen and oxygen atoms in total. The van der Waals surface area contributed by atoms with Crippen LogP contribution in [0, 0.1) is 0 Å². The number of benzene rings is 1. The summed E-state index contributed by atoms with van der Waals surface area (Å²) in [5.41, 5.74) is -5.40. The molecule has 0 saturated heterocycles. The molecule has 1 aromatic carbocycles. The van der Waals surface area contributed by atoms with E-state index in [1.807, 2.05) is 5.32 Å². The molecule has 0 bridgehead atoms. The van der Waals surface area contributed by atoms with Gasteiger partial charge < -0.3 is 14.9 Å². The van der Waals surface area contributed by atoms with Crippen molar-refractivity contribution in [3.63, 3.8) is 0 Å². The summed E-state index contributed by atoms with van der Waals surface area (Å²) in [5, 5.41) is 5.79. The standard InChI is InChI=1S/C17H18ClF6N3O4/c1-3-5-12(18)27-31-15(17(22,23)24,13(28)30-4-2)26-14(29)25-11-8-6-10(7-9-11)16(19,20)21/h6-9H,3-5H2,1-2H3,(H2,25,26,29)/b27-12-/t15-/m1/s1. The number of halogens is 7. The Labute approximate surface area is 177 Å². The molecular weight excluding hydrogens is 460 g/mol. The summed E-state index contributed by atoms with van der Waals surface area (Å²) in [7, 11) is 0. The number of rotatable bonds is 8. The predicted molar refractivity (Wildman–Crippen MR) is 98.3 cm³/mol. The highest BCUT2D eigenvalue weighted by molar-refractivity contribution is 6.65. The Morgan fingerprint density at radius 3 is 2.10 bits per heavy atom. The molecule has 0 saturated carbocycles. The maximum atomic E-state index is 13.8. The number of carbonyl (C=O) groups is 2. The molecule has 1 rings (SSSR count). The van der Waals surface area contributed by atoms with Gasteiger partial charge in [0, 0.05) is 12.1 Å². The number of carbonyl (C=O) groups excluding carboxylic acids is 2. The molecule has 1 aromatic rings. The monoisotopic (exact) mass is 477 g/mol. The van der Waals surface area contributed by atoms with Crippen LogP contribution in [0.5, 0.6) is 0 Å². The summed E-state index contributed by atoms with van der Waals surface area (Å²) in [6, 6.07) is 1.18. The zero-order chi connectivity index (χ0) is 23.9. The SMILES string of the molecule is CCC/C(Cl)=N/O[C@](NC(=O)Nc1ccc(C(F)(F)F)cc1)(C(=O)OCC)C(F)(F)F. The minimum Gasteiger partial charge on any atom is -0.461 e. The molecule has 14 heteroatoms. The van der Waals surface area contributed by atoms with Crippen LogP contribution >= 0.6 is 11.6 Å². The number of ether oxygens (including phenoxy) is 1. The van der Waals surface area contributed by atoms with Gasteiger partial charge in [0.25, 0.3) is 0 Å². The Balaban J connectivity index is 3.18. The minimum absolute atomic E-state index is 0.0239. The first-order chi connectivity index (χ1) is 14.3. The van der Waals surface area contributed by atoms with Crippen LogP contribution in [0.3, 0.4) is 0 Å². The molecule has 1 atom stereocenters. The molecule has 0 unspecified atom stereocenters. The Bertz CT molecular complexity index is 799. The van der Waals surface area contributed by atoms with E-state index in [1.54, 1.807) is 6.92 Å². The second-order valence-corrected chi connectivity index (χ2v) is 6.30. The lowest BCUT2D eigenvalue weighted by Gasteiger charge is -2.31. The average Bonchev–Trinajstić information content (AvgIpc) is 2.64. The van der Waals surface area contributed by atoms with E-state index in [1.165, 1.54) is 12.2 Å². The summed E-state index contributed by atoms with van der Waals surface area (Å²) in [4.78, 5) is 28.5. The molecule has 174 valence electrons. The first-order valence-electron chi connectivity index (χ1n) is 8.67. The summed E-state index contributed by atoms with van der Waals surface area (Å²) in [6.45, 7) is 2.37. The maximum Gasteiger partial charge on any atom is 0.463 e. The van der Waals surface area contributed by atoms with E-state index in [4.69, 9.17) is 11.6 Å². The van der Waals surface area contributed by atoms with E-state index in [2.05, 4.69) is 14.7 Å². The molecule has 2 amide bonds. The van der Waals surface area contributed by atoms with Gasteiger partial charge in [-0.05, 0) is 37.6 Å². The van der Waals surface area contributed by atoms with Crippen molar-refractivity contribution in [3.8, 4) is 0 Å². The highest BCUT2D eigenvalue weighted by Crippen LogP contribution is 2.34. The summed E-state index contributed by atoms with van der Waals surface area (Å²) in [5.74, 6) is -2.03. The van der Waals surface area contributed by atoms with E-state index in [0.717, 1.165) is 12.1 Å². The topological polar surface area (TPSA) is 89.0 Å². The number of urea groups is 1. The predicted octanol–water partition coefficient (Wildman–Crippen LogP) is 5.02. The van der Waals surface area contributed by atoms with Gasteiger partial charge in [0.2, 0.25) is 0 Å². The highest BCUT2D eigenvalue weighted by atomic mass is 35.5. The van der Waals surface area contributed by atoms with Crippen LogP contribution in [0.15, 0.2) is 29.4 Å². The van der Waals surface area contributed by atoms with Gasteiger partial charge in [0.1, 0.15) is 5.17 Å². The summed E-state index contributed by atoms with van der Waals surface area (Å²) >= 11 is 5.62. The van der Waals surface area contributed by atoms with Gasteiger partial charge in [-0.3, -0.25) is 5.32 Å². The molecule has 31 heavy (non-hydrogen) atoms. The van der Waals surface area contributed by atoms with Crippen molar-refractivity contribution in [3.05, 3.63) is 29.8 Å². The first kappa shape index (κ1) is 26.3. The molecule has 0 spiro atoms. The largest absolute Gasteiger partial charge is 0.463 e. The number of anilines is 1. The van der Waals surface area contributed by atoms with Crippen LogP contribution in [0.1, 0.15) is 32.3 Å². The summed E-state index contributed by atoms with van der Waals surface area (Å²) in [6.07, 6.45) is -9.79. The third-order valence-corrected chi connectivity index (χ3v) is 3.72. The zero-order valence-electron chi connectivity index (χ0n) is 16.2. The van der Waals surface area contributed by atoms with Crippen molar-refractivity contribution in [1.82, 2.24) is 5.32 Å². The van der Waals surface area contributed by atoms with Crippen LogP contribution in [0.4, 0.5) is 36.8 Å². The fraction of sp³-hybridized carbons (Fsp3) is 0.471. The molecule has 0 aliphatic carbocycles. The minimum atomic E-state index is -5.55. The fourth-order valence-corrected chi connectivity index (χ4v) is 2.24. The van der Waals surface area contributed by atoms with Crippen molar-refractivity contribution in [1.29, 1.82) is 0 Å². The van der Waals surface area contributed by atoms with Crippen molar-refractivity contribution < 1.29 is 45.5 Å². The number of oxime groups is 1. The lowest BCUT2D eigenvalue weighted by atomic mass is 10.2. The van der Waals surface area contributed by atoms with Crippen molar-refractivity contribution in [2.24, 2.45) is 5.16 Å². The van der Waals surface area contributed by atoms with Gasteiger partial charge in [-0.15, -0.1) is 0 Å². The second-order valence-electron chi connectivity index (χ2n) is 5.86. The number of alkyl halides is 6. The van der Waals surface area contributed by atoms with E-state index < -0.39 is 47.4 Å².